The second-order valence-corrected chi connectivity index (χ2v) is 19.9. The molecule has 0 aliphatic carbocycles. The molecule has 0 bridgehead atoms. The van der Waals surface area contributed by atoms with E-state index in [9.17, 15) is 0 Å². The number of nitrogens with two attached hydrogens (primary N) is 1. The highest BCUT2D eigenvalue weighted by Crippen LogP contribution is 2.26. The number of piperazine rings is 2. The van der Waals surface area contributed by atoms with Gasteiger partial charge in [-0.3, -0.25) is 19.6 Å². The molecule has 9 nitrogen and oxygen atoms in total. The number of hydrogen-bond donors (Lipinski definition) is 1. The molecule has 0 aromatic rings. The van der Waals surface area contributed by atoms with Crippen molar-refractivity contribution in [3.63, 3.8) is 0 Å². The van der Waals surface area contributed by atoms with Crippen molar-refractivity contribution in [2.24, 2.45) is 5.73 Å². The van der Waals surface area contributed by atoms with E-state index in [2.05, 4.69) is 139 Å². The van der Waals surface area contributed by atoms with E-state index in [4.69, 9.17) is 16.3 Å². The minimum atomic E-state index is 0. The van der Waals surface area contributed by atoms with Crippen LogP contribution in [-0.4, -0.2) is 149 Å². The van der Waals surface area contributed by atoms with Crippen molar-refractivity contribution < 1.29 is 0 Å². The van der Waals surface area contributed by atoms with Crippen molar-refractivity contribution in [2.75, 3.05) is 79.5 Å². The van der Waals surface area contributed by atoms with Crippen molar-refractivity contribution in [2.45, 2.75) is 183 Å². The average molecular weight is 720 g/mol. The van der Waals surface area contributed by atoms with Crippen LogP contribution in [0.1, 0.15) is 143 Å². The van der Waals surface area contributed by atoms with Crippen molar-refractivity contribution >= 4 is 0 Å². The number of piperidine rings is 1. The minimum Gasteiger partial charge on any atom is -0.326 e. The van der Waals surface area contributed by atoms with E-state index in [1.807, 2.05) is 20.8 Å². The maximum absolute atomic E-state index is 8.93. The number of likely N-dealkylation sites (tertiary alicyclic amines) is 2. The Morgan fingerprint density at radius 2 is 0.725 bits per heavy atom. The molecule has 9 heteroatoms. The molecule has 2 unspecified atom stereocenters. The summed E-state index contributed by atoms with van der Waals surface area (Å²) < 4.78 is 0. The van der Waals surface area contributed by atoms with E-state index in [1.165, 1.54) is 71.6 Å². The summed E-state index contributed by atoms with van der Waals surface area (Å²) in [5.41, 5.74) is 6.40. The fourth-order valence-corrected chi connectivity index (χ4v) is 6.53. The highest BCUT2D eigenvalue weighted by Gasteiger charge is 2.33. The molecule has 0 spiro atoms. The normalized spacial score (nSPS) is 23.6. The number of rotatable bonds is 0. The Labute approximate surface area is 319 Å². The van der Waals surface area contributed by atoms with Gasteiger partial charge in [0.15, 0.2) is 0 Å². The van der Waals surface area contributed by atoms with Gasteiger partial charge in [0.05, 0.1) is 24.2 Å². The zero-order valence-corrected chi connectivity index (χ0v) is 36.4. The molecular weight excluding hydrogens is 631 g/mol. The highest BCUT2D eigenvalue weighted by molar-refractivity contribution is 5.00. The van der Waals surface area contributed by atoms with Crippen molar-refractivity contribution in [1.29, 1.82) is 10.5 Å². The SMILES string of the molecule is C.CC(C)(C)N.CC(C)(C)N1CCCC1C#N.CC(C)(C)N1CCCCC1C#N.CN1CCN(C(C)(C)C)CC1.CN1CCN(C(C)(C)C)CC1. The van der Waals surface area contributed by atoms with Crippen LogP contribution in [0.4, 0.5) is 0 Å². The van der Waals surface area contributed by atoms with Crippen LogP contribution in [0.3, 0.4) is 0 Å². The topological polar surface area (TPSA) is 93.0 Å². The van der Waals surface area contributed by atoms with Gasteiger partial charge in [-0.15, -0.1) is 0 Å². The van der Waals surface area contributed by atoms with Crippen LogP contribution >= 0.6 is 0 Å². The van der Waals surface area contributed by atoms with Crippen LogP contribution in [0.5, 0.6) is 0 Å². The Hall–Kier alpha value is -1.30. The van der Waals surface area contributed by atoms with Crippen molar-refractivity contribution in [3.8, 4) is 12.1 Å². The Morgan fingerprint density at radius 3 is 0.961 bits per heavy atom. The van der Waals surface area contributed by atoms with E-state index in [1.54, 1.807) is 0 Å². The lowest BCUT2D eigenvalue weighted by Gasteiger charge is -2.41. The predicted molar refractivity (Wildman–Crippen MR) is 223 cm³/mol. The molecule has 2 N–H and O–H groups in total. The molecule has 0 aromatic heterocycles. The Bertz CT molecular complexity index is 941. The number of hydrogen-bond acceptors (Lipinski definition) is 9. The molecule has 4 aliphatic rings. The Kier molecular flexibility index (Phi) is 23.2. The van der Waals surface area contributed by atoms with Crippen LogP contribution in [0.2, 0.25) is 0 Å². The standard InChI is InChI=1S/C10H18N2.2C9H20N2.C9H16N2.C4H11N.CH4/c1-10(2,3)12-7-5-4-6-9(12)8-11;2*1-9(2,3)11-7-5-10(4)6-8-11;1-9(2,3)11-6-4-5-8(11)7-10;1-4(2,3)5;/h9H,4-7H2,1-3H3;2*5-8H2,1-4H3;8H,4-6H2,1-3H3;5H2,1-3H3;1H4. The molecule has 51 heavy (non-hydrogen) atoms. The molecule has 302 valence electrons. The third kappa shape index (κ3) is 23.2. The van der Waals surface area contributed by atoms with Gasteiger partial charge in [0.1, 0.15) is 0 Å². The number of likely N-dealkylation sites (N-methyl/N-ethyl adjacent to an activating group) is 2. The first kappa shape index (κ1) is 51.8. The van der Waals surface area contributed by atoms with E-state index < -0.39 is 0 Å². The smallest absolute Gasteiger partial charge is 0.0982 e. The lowest BCUT2D eigenvalue weighted by atomic mass is 9.95. The summed E-state index contributed by atoms with van der Waals surface area (Å²) in [4.78, 5) is 14.5. The second-order valence-electron chi connectivity index (χ2n) is 19.9. The Balaban J connectivity index is 0. The third-order valence-corrected chi connectivity index (χ3v) is 9.68. The summed E-state index contributed by atoms with van der Waals surface area (Å²) in [6.07, 6.45) is 5.73. The number of nitriles is 2. The first-order chi connectivity index (χ1) is 22.6. The molecular formula is C42H89N9. The summed E-state index contributed by atoms with van der Waals surface area (Å²) >= 11 is 0. The maximum atomic E-state index is 8.93. The predicted octanol–water partition coefficient (Wildman–Crippen LogP) is 7.38. The van der Waals surface area contributed by atoms with Gasteiger partial charge in [-0.1, -0.05) is 7.43 Å². The van der Waals surface area contributed by atoms with Gasteiger partial charge in [-0.05, 0) is 157 Å². The fourth-order valence-electron chi connectivity index (χ4n) is 6.53. The Morgan fingerprint density at radius 1 is 0.451 bits per heavy atom. The van der Waals surface area contributed by atoms with Gasteiger partial charge < -0.3 is 15.5 Å². The lowest BCUT2D eigenvalue weighted by molar-refractivity contribution is 0.0734. The summed E-state index contributed by atoms with van der Waals surface area (Å²) in [5, 5.41) is 17.7. The fraction of sp³-hybridized carbons (Fsp3) is 0.952. The summed E-state index contributed by atoms with van der Waals surface area (Å²) in [5.74, 6) is 0. The molecule has 4 rings (SSSR count). The molecule has 4 aliphatic heterocycles. The average Bonchev–Trinajstić information content (AvgIpc) is 3.47. The van der Waals surface area contributed by atoms with Crippen molar-refractivity contribution in [1.82, 2.24) is 29.4 Å². The molecule has 0 amide bonds. The van der Waals surface area contributed by atoms with Gasteiger partial charge in [-0.25, -0.2) is 0 Å². The zero-order valence-electron chi connectivity index (χ0n) is 36.4. The van der Waals surface area contributed by atoms with Crippen LogP contribution in [0, 0.1) is 22.7 Å². The molecule has 4 saturated heterocycles. The highest BCUT2D eigenvalue weighted by atomic mass is 15.3. The number of nitrogens with zero attached hydrogens (tertiary/aromatic N) is 8. The van der Waals surface area contributed by atoms with Crippen LogP contribution in [-0.2, 0) is 0 Å². The maximum Gasteiger partial charge on any atom is 0.0982 e. The monoisotopic (exact) mass is 720 g/mol. The third-order valence-electron chi connectivity index (χ3n) is 9.68. The van der Waals surface area contributed by atoms with Gasteiger partial charge in [0.25, 0.3) is 0 Å². The van der Waals surface area contributed by atoms with Crippen LogP contribution in [0.15, 0.2) is 0 Å². The quantitative estimate of drug-likeness (QED) is 0.275. The largest absolute Gasteiger partial charge is 0.326 e. The first-order valence-electron chi connectivity index (χ1n) is 19.6. The van der Waals surface area contributed by atoms with Crippen molar-refractivity contribution in [3.05, 3.63) is 0 Å². The van der Waals surface area contributed by atoms with Crippen LogP contribution < -0.4 is 5.73 Å². The minimum absolute atomic E-state index is 0. The van der Waals surface area contributed by atoms with E-state index in [0.29, 0.717) is 11.1 Å². The van der Waals surface area contributed by atoms with Gasteiger partial charge in [-0.2, -0.15) is 10.5 Å². The van der Waals surface area contributed by atoms with Gasteiger partial charge in [0.2, 0.25) is 0 Å². The molecule has 4 fully saturated rings. The van der Waals surface area contributed by atoms with E-state index in [0.717, 1.165) is 25.9 Å². The van der Waals surface area contributed by atoms with Crippen LogP contribution in [0.25, 0.3) is 0 Å². The second kappa shape index (κ2) is 22.8. The molecule has 0 saturated carbocycles. The molecule has 4 heterocycles. The molecule has 0 radical (unpaired) electrons. The van der Waals surface area contributed by atoms with E-state index >= 15 is 0 Å². The first-order valence-corrected chi connectivity index (χ1v) is 19.6. The lowest BCUT2D eigenvalue weighted by Crippen LogP contribution is -2.52. The zero-order chi connectivity index (χ0) is 39.1. The van der Waals surface area contributed by atoms with Gasteiger partial charge in [0, 0.05) is 86.6 Å². The van der Waals surface area contributed by atoms with Gasteiger partial charge >= 0.3 is 0 Å². The summed E-state index contributed by atoms with van der Waals surface area (Å²) in [6.45, 7) is 44.6. The molecule has 2 atom stereocenters. The summed E-state index contributed by atoms with van der Waals surface area (Å²) in [6, 6.07) is 5.05. The van der Waals surface area contributed by atoms with E-state index in [-0.39, 0.29) is 36.1 Å². The molecule has 0 aromatic carbocycles. The summed E-state index contributed by atoms with van der Waals surface area (Å²) in [7, 11) is 4.39.